The molecule has 0 bridgehead atoms. The lowest BCUT2D eigenvalue weighted by Crippen LogP contribution is -2.57. The fourth-order valence-corrected chi connectivity index (χ4v) is 5.96. The first kappa shape index (κ1) is 34.6. The second-order valence-corrected chi connectivity index (χ2v) is 12.4. The number of hydrogen-bond acceptors (Lipinski definition) is 6. The van der Waals surface area contributed by atoms with Gasteiger partial charge in [-0.1, -0.05) is 65.5 Å². The molecule has 1 aromatic rings. The standard InChI is InChI=1S/C30H44ClN3O5.C2H6/c1-6-39-25-13-12-21(17-22(25)31)23(32)14-20-15-24(29(37)38-5)34(18-20)28(36)27(30(2,3)4)33-26(35)16-19-10-8-7-9-11-19;1-2/h12-13,17,19-20,24,27,32H,6-11,14-16,18H2,1-5H3,(H,33,35);1-2H3. The number of amides is 2. The van der Waals surface area contributed by atoms with E-state index in [2.05, 4.69) is 5.32 Å². The van der Waals surface area contributed by atoms with E-state index in [0.717, 1.165) is 25.7 Å². The Morgan fingerprint density at radius 1 is 1.10 bits per heavy atom. The predicted molar refractivity (Wildman–Crippen MR) is 164 cm³/mol. The number of hydrogen-bond donors (Lipinski definition) is 2. The highest BCUT2D eigenvalue weighted by Crippen LogP contribution is 2.33. The Bertz CT molecular complexity index is 1050. The van der Waals surface area contributed by atoms with E-state index in [1.807, 2.05) is 41.5 Å². The number of carbonyl (C=O) groups is 3. The van der Waals surface area contributed by atoms with Crippen LogP contribution >= 0.6 is 11.6 Å². The normalized spacial score (nSPS) is 20.0. The summed E-state index contributed by atoms with van der Waals surface area (Å²) in [5.74, 6) is -0.0756. The lowest BCUT2D eigenvalue weighted by molar-refractivity contribution is -0.153. The van der Waals surface area contributed by atoms with Crippen molar-refractivity contribution in [1.29, 1.82) is 5.41 Å². The van der Waals surface area contributed by atoms with E-state index < -0.39 is 23.5 Å². The molecule has 3 atom stereocenters. The Morgan fingerprint density at radius 3 is 2.32 bits per heavy atom. The van der Waals surface area contributed by atoms with Gasteiger partial charge in [-0.3, -0.25) is 9.59 Å². The van der Waals surface area contributed by atoms with Crippen molar-refractivity contribution in [2.24, 2.45) is 17.3 Å². The maximum atomic E-state index is 13.9. The summed E-state index contributed by atoms with van der Waals surface area (Å²) in [4.78, 5) is 41.2. The minimum absolute atomic E-state index is 0.116. The second-order valence-electron chi connectivity index (χ2n) is 12.0. The van der Waals surface area contributed by atoms with Gasteiger partial charge in [0.2, 0.25) is 11.8 Å². The summed E-state index contributed by atoms with van der Waals surface area (Å²) in [7, 11) is 1.31. The lowest BCUT2D eigenvalue weighted by atomic mass is 9.84. The van der Waals surface area contributed by atoms with Crippen LogP contribution in [0, 0.1) is 22.7 Å². The van der Waals surface area contributed by atoms with Crippen LogP contribution in [0.25, 0.3) is 0 Å². The average Bonchev–Trinajstić information content (AvgIpc) is 3.37. The Morgan fingerprint density at radius 2 is 1.76 bits per heavy atom. The largest absolute Gasteiger partial charge is 0.492 e. The molecule has 1 aromatic carbocycles. The molecule has 0 radical (unpaired) electrons. The van der Waals surface area contributed by atoms with Crippen LogP contribution in [0.1, 0.15) is 98.5 Å². The molecule has 41 heavy (non-hydrogen) atoms. The van der Waals surface area contributed by atoms with Crippen LogP contribution in [0.15, 0.2) is 18.2 Å². The van der Waals surface area contributed by atoms with Crippen LogP contribution in [0.2, 0.25) is 5.02 Å². The maximum absolute atomic E-state index is 13.9. The topological polar surface area (TPSA) is 109 Å². The van der Waals surface area contributed by atoms with Crippen molar-refractivity contribution in [3.8, 4) is 5.75 Å². The quantitative estimate of drug-likeness (QED) is 0.241. The van der Waals surface area contributed by atoms with E-state index in [9.17, 15) is 14.4 Å². The summed E-state index contributed by atoms with van der Waals surface area (Å²) in [6.45, 7) is 12.4. The van der Waals surface area contributed by atoms with Crippen molar-refractivity contribution in [3.05, 3.63) is 28.8 Å². The van der Waals surface area contributed by atoms with E-state index in [1.165, 1.54) is 13.5 Å². The van der Waals surface area contributed by atoms with E-state index in [4.69, 9.17) is 26.5 Å². The highest BCUT2D eigenvalue weighted by atomic mass is 35.5. The molecule has 1 aliphatic heterocycles. The Hall–Kier alpha value is -2.61. The van der Waals surface area contributed by atoms with E-state index in [0.29, 0.717) is 60.4 Å². The number of nitrogens with one attached hydrogen (secondary N) is 2. The molecule has 0 aromatic heterocycles. The van der Waals surface area contributed by atoms with Crippen molar-refractivity contribution >= 4 is 35.1 Å². The molecular formula is C32H50ClN3O5. The number of carbonyl (C=O) groups excluding carboxylic acids is 3. The highest BCUT2D eigenvalue weighted by Gasteiger charge is 2.45. The zero-order chi connectivity index (χ0) is 30.7. The Balaban J connectivity index is 0.00000287. The van der Waals surface area contributed by atoms with E-state index in [-0.39, 0.29) is 17.7 Å². The van der Waals surface area contributed by atoms with Crippen molar-refractivity contribution in [1.82, 2.24) is 10.2 Å². The predicted octanol–water partition coefficient (Wildman–Crippen LogP) is 6.41. The summed E-state index contributed by atoms with van der Waals surface area (Å²) in [6, 6.07) is 3.73. The van der Waals surface area contributed by atoms with Gasteiger partial charge in [-0.2, -0.15) is 0 Å². The number of likely N-dealkylation sites (tertiary alicyclic amines) is 1. The molecule has 9 heteroatoms. The number of ether oxygens (including phenoxy) is 2. The van der Waals surface area contributed by atoms with E-state index in [1.54, 1.807) is 23.1 Å². The molecule has 3 rings (SSSR count). The zero-order valence-electron chi connectivity index (χ0n) is 26.0. The molecule has 2 aliphatic rings. The summed E-state index contributed by atoms with van der Waals surface area (Å²) in [6.07, 6.45) is 6.78. The highest BCUT2D eigenvalue weighted by molar-refractivity contribution is 6.32. The van der Waals surface area contributed by atoms with Gasteiger partial charge in [-0.25, -0.2) is 4.79 Å². The molecule has 1 saturated carbocycles. The second kappa shape index (κ2) is 16.1. The third-order valence-corrected chi connectivity index (χ3v) is 8.13. The zero-order valence-corrected chi connectivity index (χ0v) is 26.7. The molecule has 1 saturated heterocycles. The van der Waals surface area contributed by atoms with Gasteiger partial charge in [0.15, 0.2) is 0 Å². The van der Waals surface area contributed by atoms with Gasteiger partial charge in [0.05, 0.1) is 18.7 Å². The lowest BCUT2D eigenvalue weighted by Gasteiger charge is -2.35. The number of nitrogens with zero attached hydrogens (tertiary/aromatic N) is 1. The van der Waals surface area contributed by atoms with Crippen LogP contribution < -0.4 is 10.1 Å². The molecule has 3 unspecified atom stereocenters. The third kappa shape index (κ3) is 9.73. The summed E-state index contributed by atoms with van der Waals surface area (Å²) in [5.41, 5.74) is 0.491. The first-order valence-corrected chi connectivity index (χ1v) is 15.5. The Kier molecular flexibility index (Phi) is 13.6. The molecule has 2 fully saturated rings. The molecule has 1 aliphatic carbocycles. The first-order chi connectivity index (χ1) is 19.4. The molecule has 1 heterocycles. The van der Waals surface area contributed by atoms with Crippen LogP contribution in [0.3, 0.4) is 0 Å². The van der Waals surface area contributed by atoms with Gasteiger partial charge in [-0.05, 0) is 73.6 Å². The molecule has 2 N–H and O–H groups in total. The fraction of sp³-hybridized carbons (Fsp3) is 0.688. The number of methoxy groups -OCH3 is 1. The minimum Gasteiger partial charge on any atom is -0.492 e. The minimum atomic E-state index is -0.774. The molecular weight excluding hydrogens is 542 g/mol. The van der Waals surface area contributed by atoms with Crippen molar-refractivity contribution < 1.29 is 23.9 Å². The Labute approximate surface area is 251 Å². The van der Waals surface area contributed by atoms with Gasteiger partial charge in [0, 0.05) is 18.7 Å². The summed E-state index contributed by atoms with van der Waals surface area (Å²) < 4.78 is 10.5. The molecule has 2 amide bonds. The van der Waals surface area contributed by atoms with Gasteiger partial charge < -0.3 is 25.1 Å². The SMILES string of the molecule is CC.CCOc1ccc(C(=N)CC2CC(C(=O)OC)N(C(=O)C(NC(=O)CC3CCCCC3)C(C)(C)C)C2)cc1Cl. The average molecular weight is 592 g/mol. The maximum Gasteiger partial charge on any atom is 0.328 e. The van der Waals surface area contributed by atoms with Crippen LogP contribution in [-0.2, 0) is 19.1 Å². The molecule has 230 valence electrons. The van der Waals surface area contributed by atoms with E-state index >= 15 is 0 Å². The van der Waals surface area contributed by atoms with Gasteiger partial charge in [0.25, 0.3) is 0 Å². The monoisotopic (exact) mass is 591 g/mol. The van der Waals surface area contributed by atoms with Crippen LogP contribution in [0.5, 0.6) is 5.75 Å². The smallest absolute Gasteiger partial charge is 0.328 e. The van der Waals surface area contributed by atoms with Crippen molar-refractivity contribution in [2.45, 2.75) is 105 Å². The van der Waals surface area contributed by atoms with Crippen molar-refractivity contribution in [2.75, 3.05) is 20.3 Å². The first-order valence-electron chi connectivity index (χ1n) is 15.1. The number of benzene rings is 1. The van der Waals surface area contributed by atoms with Gasteiger partial charge >= 0.3 is 5.97 Å². The number of halogens is 1. The fourth-order valence-electron chi connectivity index (χ4n) is 5.73. The third-order valence-electron chi connectivity index (χ3n) is 7.83. The van der Waals surface area contributed by atoms with Crippen LogP contribution in [-0.4, -0.2) is 60.7 Å². The van der Waals surface area contributed by atoms with Crippen LogP contribution in [0.4, 0.5) is 0 Å². The summed E-state index contributed by atoms with van der Waals surface area (Å²) in [5, 5.41) is 12.1. The number of esters is 1. The number of rotatable bonds is 10. The van der Waals surface area contributed by atoms with Crippen molar-refractivity contribution in [3.63, 3.8) is 0 Å². The molecule has 0 spiro atoms. The summed E-state index contributed by atoms with van der Waals surface area (Å²) >= 11 is 6.33. The van der Waals surface area contributed by atoms with Gasteiger partial charge in [-0.15, -0.1) is 0 Å². The molecule has 8 nitrogen and oxygen atoms in total. The van der Waals surface area contributed by atoms with Gasteiger partial charge in [0.1, 0.15) is 17.8 Å².